The number of hydrogen-bond acceptors (Lipinski definition) is 5. The van der Waals surface area contributed by atoms with Crippen molar-refractivity contribution in [2.45, 2.75) is 13.8 Å². The minimum Gasteiger partial charge on any atom is -0.457 e. The molecule has 280 valence electrons. The van der Waals surface area contributed by atoms with Gasteiger partial charge in [0.25, 0.3) is 0 Å². The lowest BCUT2D eigenvalue weighted by molar-refractivity contribution is 0.475. The summed E-state index contributed by atoms with van der Waals surface area (Å²) in [6, 6.07) is 64.9. The minimum absolute atomic E-state index is 0.659. The summed E-state index contributed by atoms with van der Waals surface area (Å²) in [5, 5.41) is 2.10. The fraction of sp³-hybridized carbons (Fsp3) is 0.0370. The Bertz CT molecular complexity index is 3140. The third kappa shape index (κ3) is 7.22. The number of rotatable bonds is 8. The van der Waals surface area contributed by atoms with Crippen LogP contribution in [-0.4, -0.2) is 19.9 Å². The number of aromatic nitrogens is 4. The zero-order valence-corrected chi connectivity index (χ0v) is 32.7. The van der Waals surface area contributed by atoms with Gasteiger partial charge in [-0.3, -0.25) is 4.98 Å². The van der Waals surface area contributed by atoms with Crippen molar-refractivity contribution < 1.29 is 4.74 Å². The number of benzene rings is 7. The van der Waals surface area contributed by atoms with Crippen LogP contribution in [0.5, 0.6) is 11.5 Å². The Morgan fingerprint density at radius 1 is 0.339 bits per heavy atom. The van der Waals surface area contributed by atoms with E-state index in [9.17, 15) is 0 Å². The van der Waals surface area contributed by atoms with Crippen LogP contribution in [0.25, 0.3) is 89.2 Å². The molecule has 0 unspecified atom stereocenters. The van der Waals surface area contributed by atoms with Crippen molar-refractivity contribution in [3.05, 3.63) is 205 Å². The number of hydrogen-bond donors (Lipinski definition) is 0. The van der Waals surface area contributed by atoms with Crippen LogP contribution in [0.2, 0.25) is 0 Å². The molecule has 0 bridgehead atoms. The first-order valence-electron chi connectivity index (χ1n) is 19.8. The van der Waals surface area contributed by atoms with E-state index in [1.807, 2.05) is 54.7 Å². The monoisotopic (exact) mass is 758 g/mol. The molecular weight excluding hydrogens is 721 g/mol. The van der Waals surface area contributed by atoms with E-state index < -0.39 is 0 Å². The predicted octanol–water partition coefficient (Wildman–Crippen LogP) is 14.0. The Balaban J connectivity index is 1.14. The molecule has 0 fully saturated rings. The van der Waals surface area contributed by atoms with Crippen LogP contribution in [0, 0.1) is 13.8 Å². The van der Waals surface area contributed by atoms with Crippen molar-refractivity contribution in [2.75, 3.05) is 0 Å². The van der Waals surface area contributed by atoms with E-state index in [1.54, 1.807) is 0 Å². The second kappa shape index (κ2) is 15.3. The van der Waals surface area contributed by atoms with E-state index >= 15 is 0 Å². The first-order valence-corrected chi connectivity index (χ1v) is 19.8. The summed E-state index contributed by atoms with van der Waals surface area (Å²) in [5.74, 6) is 2.33. The third-order valence-corrected chi connectivity index (χ3v) is 10.8. The highest BCUT2D eigenvalue weighted by Crippen LogP contribution is 2.37. The molecule has 0 atom stereocenters. The first-order chi connectivity index (χ1) is 29.0. The topological polar surface area (TPSA) is 60.8 Å². The lowest BCUT2D eigenvalue weighted by atomic mass is 9.95. The van der Waals surface area contributed by atoms with Gasteiger partial charge in [0.15, 0.2) is 5.82 Å². The maximum Gasteiger partial charge on any atom is 0.160 e. The van der Waals surface area contributed by atoms with Crippen LogP contribution in [0.3, 0.4) is 0 Å². The van der Waals surface area contributed by atoms with Gasteiger partial charge in [-0.1, -0.05) is 133 Å². The summed E-state index contributed by atoms with van der Waals surface area (Å²) in [5.41, 5.74) is 14.7. The fourth-order valence-corrected chi connectivity index (χ4v) is 7.63. The number of nitrogens with zero attached hydrogens (tertiary/aromatic N) is 4. The molecule has 5 heteroatoms. The van der Waals surface area contributed by atoms with E-state index in [0.717, 1.165) is 100 Å². The Hall–Kier alpha value is -7.76. The SMILES string of the molecule is Cc1ccccc1Oc1ccc(-c2cc(-c3cc(-c4ccc(-c5ccccc5)cc4)nc(-c4ccccc4)n3)cc(-c3ccc4ccc5cccnc5c4n3)c2)cc1C. The van der Waals surface area contributed by atoms with Crippen LogP contribution >= 0.6 is 0 Å². The maximum atomic E-state index is 6.40. The number of para-hydroxylation sites is 1. The van der Waals surface area contributed by atoms with E-state index in [4.69, 9.17) is 24.7 Å². The highest BCUT2D eigenvalue weighted by Gasteiger charge is 2.16. The van der Waals surface area contributed by atoms with E-state index in [1.165, 1.54) is 5.56 Å². The summed E-state index contributed by atoms with van der Waals surface area (Å²) in [7, 11) is 0. The number of fused-ring (bicyclic) bond motifs is 3. The largest absolute Gasteiger partial charge is 0.457 e. The molecule has 59 heavy (non-hydrogen) atoms. The van der Waals surface area contributed by atoms with Crippen LogP contribution < -0.4 is 4.74 Å². The van der Waals surface area contributed by atoms with Gasteiger partial charge in [0.2, 0.25) is 0 Å². The van der Waals surface area contributed by atoms with Gasteiger partial charge in [-0.05, 0) is 102 Å². The number of ether oxygens (including phenoxy) is 1. The van der Waals surface area contributed by atoms with Gasteiger partial charge < -0.3 is 4.74 Å². The third-order valence-electron chi connectivity index (χ3n) is 10.8. The van der Waals surface area contributed by atoms with Gasteiger partial charge >= 0.3 is 0 Å². The molecule has 7 aromatic carbocycles. The van der Waals surface area contributed by atoms with E-state index in [2.05, 4.69) is 153 Å². The molecule has 0 amide bonds. The van der Waals surface area contributed by atoms with Crippen molar-refractivity contribution in [3.63, 3.8) is 0 Å². The number of aryl methyl sites for hydroxylation is 2. The molecule has 0 N–H and O–H groups in total. The molecule has 0 aliphatic carbocycles. The minimum atomic E-state index is 0.659. The van der Waals surface area contributed by atoms with Gasteiger partial charge in [-0.15, -0.1) is 0 Å². The highest BCUT2D eigenvalue weighted by atomic mass is 16.5. The lowest BCUT2D eigenvalue weighted by Crippen LogP contribution is -1.97. The zero-order chi connectivity index (χ0) is 39.7. The zero-order valence-electron chi connectivity index (χ0n) is 32.7. The van der Waals surface area contributed by atoms with E-state index in [-0.39, 0.29) is 0 Å². The smallest absolute Gasteiger partial charge is 0.160 e. The van der Waals surface area contributed by atoms with Crippen molar-refractivity contribution >= 4 is 21.8 Å². The van der Waals surface area contributed by atoms with Gasteiger partial charge in [-0.25, -0.2) is 15.0 Å². The van der Waals surface area contributed by atoms with Gasteiger partial charge in [0.1, 0.15) is 11.5 Å². The quantitative estimate of drug-likeness (QED) is 0.144. The molecule has 0 radical (unpaired) electrons. The summed E-state index contributed by atoms with van der Waals surface area (Å²) in [6.07, 6.45) is 1.83. The van der Waals surface area contributed by atoms with Gasteiger partial charge in [-0.2, -0.15) is 0 Å². The summed E-state index contributed by atoms with van der Waals surface area (Å²) >= 11 is 0. The predicted molar refractivity (Wildman–Crippen MR) is 241 cm³/mol. The van der Waals surface area contributed by atoms with Crippen molar-refractivity contribution in [2.24, 2.45) is 0 Å². The van der Waals surface area contributed by atoms with Crippen LogP contribution in [0.15, 0.2) is 194 Å². The average Bonchev–Trinajstić information content (AvgIpc) is 3.30. The van der Waals surface area contributed by atoms with Gasteiger partial charge in [0.05, 0.1) is 28.1 Å². The molecule has 0 aliphatic heterocycles. The Kier molecular flexibility index (Phi) is 9.24. The Morgan fingerprint density at radius 3 is 1.66 bits per heavy atom. The van der Waals surface area contributed by atoms with Crippen molar-refractivity contribution in [1.29, 1.82) is 0 Å². The molecule has 10 rings (SSSR count). The maximum absolute atomic E-state index is 6.40. The summed E-state index contributed by atoms with van der Waals surface area (Å²) in [6.45, 7) is 4.16. The summed E-state index contributed by atoms with van der Waals surface area (Å²) < 4.78 is 6.40. The summed E-state index contributed by atoms with van der Waals surface area (Å²) in [4.78, 5) is 20.4. The fourth-order valence-electron chi connectivity index (χ4n) is 7.63. The normalized spacial score (nSPS) is 11.2. The molecule has 10 aromatic rings. The second-order valence-electron chi connectivity index (χ2n) is 14.8. The second-order valence-corrected chi connectivity index (χ2v) is 14.8. The first kappa shape index (κ1) is 35.6. The standard InChI is InChI=1S/C54H38N4O/c1-35-12-9-10-18-50(35)59-51-28-26-43(30-36(51)2)44-31-45(47-27-25-41-24-23-40-17-11-29-55-52(40)53(41)56-47)33-46(32-44)49-34-48(57-54(58-49)42-15-7-4-8-16-42)39-21-19-38(20-22-39)37-13-5-3-6-14-37/h3-34H,1-2H3. The molecular formula is C54H38N4O. The molecule has 0 aliphatic rings. The van der Waals surface area contributed by atoms with Crippen molar-refractivity contribution in [1.82, 2.24) is 19.9 Å². The highest BCUT2D eigenvalue weighted by molar-refractivity contribution is 6.03. The average molecular weight is 759 g/mol. The molecule has 5 nitrogen and oxygen atoms in total. The molecule has 0 saturated heterocycles. The Labute approximate surface area is 343 Å². The van der Waals surface area contributed by atoms with Crippen LogP contribution in [0.1, 0.15) is 11.1 Å². The van der Waals surface area contributed by atoms with Crippen LogP contribution in [-0.2, 0) is 0 Å². The van der Waals surface area contributed by atoms with E-state index in [0.29, 0.717) is 5.82 Å². The van der Waals surface area contributed by atoms with Crippen LogP contribution in [0.4, 0.5) is 0 Å². The molecule has 0 spiro atoms. The lowest BCUT2D eigenvalue weighted by Gasteiger charge is -2.15. The number of pyridine rings is 2. The molecule has 0 saturated carbocycles. The Morgan fingerprint density at radius 2 is 0.915 bits per heavy atom. The molecule has 3 heterocycles. The van der Waals surface area contributed by atoms with Gasteiger partial charge in [0, 0.05) is 39.2 Å². The van der Waals surface area contributed by atoms with Crippen molar-refractivity contribution in [3.8, 4) is 78.9 Å². The molecule has 3 aromatic heterocycles.